The lowest BCUT2D eigenvalue weighted by Crippen LogP contribution is -2.55. The van der Waals surface area contributed by atoms with Crippen LogP contribution in [0.2, 0.25) is 0 Å². The molecule has 8 nitrogen and oxygen atoms in total. The van der Waals surface area contributed by atoms with Crippen molar-refractivity contribution < 1.29 is 9.59 Å². The van der Waals surface area contributed by atoms with Crippen molar-refractivity contribution in [2.45, 2.75) is 76.5 Å². The van der Waals surface area contributed by atoms with Crippen molar-refractivity contribution in [1.82, 2.24) is 14.8 Å². The highest BCUT2D eigenvalue weighted by Crippen LogP contribution is 2.34. The number of likely N-dealkylation sites (tertiary alicyclic amines) is 2. The Morgan fingerprint density at radius 1 is 1.11 bits per heavy atom. The van der Waals surface area contributed by atoms with Crippen LogP contribution in [0.3, 0.4) is 0 Å². The molecule has 36 heavy (non-hydrogen) atoms. The zero-order valence-electron chi connectivity index (χ0n) is 21.4. The summed E-state index contributed by atoms with van der Waals surface area (Å²) in [5.41, 5.74) is 8.68. The number of carbonyl (C=O) groups excluding carboxylic acids is 2. The number of hydrogen-bond acceptors (Lipinski definition) is 6. The number of nitriles is 1. The minimum Gasteiger partial charge on any atom is -0.325 e. The Morgan fingerprint density at radius 3 is 2.47 bits per heavy atom. The molecular formula is C28H36N6O2. The first-order valence-corrected chi connectivity index (χ1v) is 12.8. The van der Waals surface area contributed by atoms with Crippen molar-refractivity contribution in [3.63, 3.8) is 0 Å². The highest BCUT2D eigenvalue weighted by Gasteiger charge is 2.42. The molecule has 0 bridgehead atoms. The van der Waals surface area contributed by atoms with Crippen LogP contribution in [-0.4, -0.2) is 51.9 Å². The van der Waals surface area contributed by atoms with E-state index >= 15 is 0 Å². The molecule has 3 heterocycles. The Bertz CT molecular complexity index is 1110. The molecule has 3 unspecified atom stereocenters. The van der Waals surface area contributed by atoms with Gasteiger partial charge in [-0.25, -0.2) is 0 Å². The zero-order valence-corrected chi connectivity index (χ0v) is 21.4. The van der Waals surface area contributed by atoms with Crippen LogP contribution in [-0.2, 0) is 15.0 Å². The quantitative estimate of drug-likeness (QED) is 0.643. The summed E-state index contributed by atoms with van der Waals surface area (Å²) in [5, 5.41) is 9.67. The summed E-state index contributed by atoms with van der Waals surface area (Å²) >= 11 is 0. The number of carbonyl (C=O) groups is 2. The molecule has 0 radical (unpaired) electrons. The van der Waals surface area contributed by atoms with Gasteiger partial charge in [-0.1, -0.05) is 39.0 Å². The predicted molar refractivity (Wildman–Crippen MR) is 138 cm³/mol. The van der Waals surface area contributed by atoms with Gasteiger partial charge < -0.3 is 10.6 Å². The fraction of sp³-hybridized carbons (Fsp3) is 0.500. The molecule has 2 aromatic rings. The van der Waals surface area contributed by atoms with Crippen molar-refractivity contribution in [1.29, 1.82) is 5.26 Å². The van der Waals surface area contributed by atoms with Gasteiger partial charge in [0.2, 0.25) is 0 Å². The van der Waals surface area contributed by atoms with Crippen LogP contribution in [0.1, 0.15) is 70.0 Å². The van der Waals surface area contributed by atoms with Gasteiger partial charge in [0, 0.05) is 36.7 Å². The van der Waals surface area contributed by atoms with Crippen molar-refractivity contribution in [2.75, 3.05) is 18.0 Å². The van der Waals surface area contributed by atoms with Gasteiger partial charge in [0.1, 0.15) is 12.1 Å². The number of nitrogens with zero attached hydrogens (tertiary/aromatic N) is 5. The van der Waals surface area contributed by atoms with Crippen molar-refractivity contribution in [2.24, 2.45) is 5.73 Å². The van der Waals surface area contributed by atoms with Gasteiger partial charge in [-0.05, 0) is 61.3 Å². The van der Waals surface area contributed by atoms with Crippen molar-refractivity contribution >= 4 is 17.5 Å². The van der Waals surface area contributed by atoms with E-state index in [4.69, 9.17) is 5.73 Å². The molecule has 0 saturated carbocycles. The van der Waals surface area contributed by atoms with Gasteiger partial charge in [-0.3, -0.25) is 24.4 Å². The Labute approximate surface area is 213 Å². The maximum absolute atomic E-state index is 14.2. The molecule has 4 rings (SSSR count). The normalized spacial score (nSPS) is 21.1. The van der Waals surface area contributed by atoms with Gasteiger partial charge in [-0.15, -0.1) is 0 Å². The third-order valence-electron chi connectivity index (χ3n) is 7.24. The van der Waals surface area contributed by atoms with Gasteiger partial charge in [0.05, 0.1) is 6.17 Å². The van der Waals surface area contributed by atoms with Crippen LogP contribution in [0.15, 0.2) is 48.8 Å². The Hall–Kier alpha value is -3.44. The molecule has 2 aliphatic rings. The molecule has 2 aliphatic heterocycles. The number of hydrogen-bond donors (Lipinski definition) is 1. The van der Waals surface area contributed by atoms with Gasteiger partial charge in [0.25, 0.3) is 11.8 Å². The lowest BCUT2D eigenvalue weighted by molar-refractivity contribution is -0.138. The van der Waals surface area contributed by atoms with Crippen molar-refractivity contribution in [3.8, 4) is 6.19 Å². The van der Waals surface area contributed by atoms with Crippen molar-refractivity contribution in [3.05, 3.63) is 59.9 Å². The standard InChI is InChI=1S/C28H36N6O2/c1-28(2,3)21-11-13-22(14-12-21)34(26(35)23-9-7-16-32(23)19-29)25(20-8-6-15-31-18-20)27(36)33-17-5-4-10-24(33)30/h6,8,11-15,18,23-25H,4-5,7,9-10,16-17,30H2,1-3H3. The van der Waals surface area contributed by atoms with E-state index in [-0.39, 0.29) is 17.2 Å². The molecule has 3 atom stereocenters. The second kappa shape index (κ2) is 10.7. The molecule has 2 fully saturated rings. The molecule has 1 aromatic carbocycles. The Morgan fingerprint density at radius 2 is 1.86 bits per heavy atom. The number of pyridine rings is 1. The summed E-state index contributed by atoms with van der Waals surface area (Å²) in [6.45, 7) is 7.48. The lowest BCUT2D eigenvalue weighted by Gasteiger charge is -2.40. The fourth-order valence-electron chi connectivity index (χ4n) is 5.16. The first-order chi connectivity index (χ1) is 17.2. The van der Waals surface area contributed by atoms with E-state index in [1.807, 2.05) is 30.3 Å². The molecule has 190 valence electrons. The summed E-state index contributed by atoms with van der Waals surface area (Å²) in [5.74, 6) is -0.477. The van der Waals surface area contributed by atoms with Crippen LogP contribution in [0.25, 0.3) is 0 Å². The third-order valence-corrected chi connectivity index (χ3v) is 7.24. The largest absolute Gasteiger partial charge is 0.325 e. The van der Waals surface area contributed by atoms with E-state index in [9.17, 15) is 14.9 Å². The number of benzene rings is 1. The topological polar surface area (TPSA) is 107 Å². The average Bonchev–Trinajstić information content (AvgIpc) is 3.36. The number of anilines is 1. The van der Waals surface area contributed by atoms with Crippen LogP contribution < -0.4 is 10.6 Å². The molecule has 1 aromatic heterocycles. The number of nitrogens with two attached hydrogens (primary N) is 1. The monoisotopic (exact) mass is 488 g/mol. The summed E-state index contributed by atoms with van der Waals surface area (Å²) in [6.07, 6.45) is 8.95. The van der Waals surface area contributed by atoms with E-state index in [2.05, 4.69) is 31.9 Å². The van der Waals surface area contributed by atoms with E-state index in [1.165, 1.54) is 4.90 Å². The molecule has 0 aliphatic carbocycles. The smallest absolute Gasteiger partial charge is 0.251 e. The summed E-state index contributed by atoms with van der Waals surface area (Å²) < 4.78 is 0. The molecule has 8 heteroatoms. The fourth-order valence-corrected chi connectivity index (χ4v) is 5.16. The Kier molecular flexibility index (Phi) is 7.60. The second-order valence-corrected chi connectivity index (χ2v) is 10.7. The average molecular weight is 489 g/mol. The zero-order chi connectivity index (χ0) is 25.9. The van der Waals surface area contributed by atoms with E-state index in [1.54, 1.807) is 28.3 Å². The minimum atomic E-state index is -0.933. The Balaban J connectivity index is 1.83. The molecule has 2 N–H and O–H groups in total. The second-order valence-electron chi connectivity index (χ2n) is 10.7. The highest BCUT2D eigenvalue weighted by atomic mass is 16.2. The maximum Gasteiger partial charge on any atom is 0.251 e. The molecular weight excluding hydrogens is 452 g/mol. The number of piperidine rings is 1. The van der Waals surface area contributed by atoms with Gasteiger partial charge in [0.15, 0.2) is 6.19 Å². The molecule has 0 spiro atoms. The predicted octanol–water partition coefficient (Wildman–Crippen LogP) is 3.70. The lowest BCUT2D eigenvalue weighted by atomic mass is 9.87. The minimum absolute atomic E-state index is 0.0599. The van der Waals surface area contributed by atoms with Gasteiger partial charge in [-0.2, -0.15) is 5.26 Å². The van der Waals surface area contributed by atoms with Crippen LogP contribution in [0.5, 0.6) is 0 Å². The van der Waals surface area contributed by atoms with E-state index < -0.39 is 18.2 Å². The highest BCUT2D eigenvalue weighted by molar-refractivity contribution is 6.04. The van der Waals surface area contributed by atoms with Crippen LogP contribution in [0, 0.1) is 11.5 Å². The summed E-state index contributed by atoms with van der Waals surface area (Å²) in [7, 11) is 0. The SMILES string of the molecule is CC(C)(C)c1ccc(N(C(=O)C2CCCN2C#N)C(C(=O)N2CCCCC2N)c2cccnc2)cc1. The summed E-state index contributed by atoms with van der Waals surface area (Å²) in [4.78, 5) is 37.4. The number of amides is 2. The first-order valence-electron chi connectivity index (χ1n) is 12.8. The van der Waals surface area contributed by atoms with E-state index in [0.29, 0.717) is 30.8 Å². The van der Waals surface area contributed by atoms with Crippen LogP contribution >= 0.6 is 0 Å². The molecule has 2 amide bonds. The van der Waals surface area contributed by atoms with E-state index in [0.717, 1.165) is 31.2 Å². The number of aromatic nitrogens is 1. The van der Waals surface area contributed by atoms with Crippen LogP contribution in [0.4, 0.5) is 5.69 Å². The summed E-state index contributed by atoms with van der Waals surface area (Å²) in [6, 6.07) is 9.86. The van der Waals surface area contributed by atoms with Gasteiger partial charge >= 0.3 is 0 Å². The third kappa shape index (κ3) is 5.21. The first kappa shape index (κ1) is 25.6. The molecule has 2 saturated heterocycles. The maximum atomic E-state index is 14.2. The number of rotatable bonds is 5.